The summed E-state index contributed by atoms with van der Waals surface area (Å²) in [4.78, 5) is 44.4. The number of ether oxygens (including phenoxy) is 1. The molecular weight excluding hydrogens is 404 g/mol. The van der Waals surface area contributed by atoms with Gasteiger partial charge in [0, 0.05) is 11.6 Å². The monoisotopic (exact) mass is 430 g/mol. The molecule has 0 unspecified atom stereocenters. The summed E-state index contributed by atoms with van der Waals surface area (Å²) in [5, 5.41) is 0. The number of fused-ring (bicyclic) bond motifs is 5. The third-order valence-corrected chi connectivity index (χ3v) is 6.80. The van der Waals surface area contributed by atoms with E-state index in [4.69, 9.17) is 4.74 Å². The molecule has 3 aliphatic heterocycles. The highest BCUT2D eigenvalue weighted by molar-refractivity contribution is 6.24. The number of para-hydroxylation sites is 2. The minimum atomic E-state index is -0.750. The quantitative estimate of drug-likeness (QED) is 0.693. The lowest BCUT2D eigenvalue weighted by Gasteiger charge is -2.37. The maximum Gasteiger partial charge on any atom is 0.240 e. The second kappa shape index (κ2) is 7.05. The Bertz CT molecular complexity index is 1160. The Morgan fingerprint density at radius 3 is 2.31 bits per heavy atom. The molecule has 0 aliphatic carbocycles. The van der Waals surface area contributed by atoms with Crippen molar-refractivity contribution in [1.29, 1.82) is 0 Å². The van der Waals surface area contributed by atoms with Gasteiger partial charge in [-0.2, -0.15) is 0 Å². The van der Waals surface area contributed by atoms with Crippen molar-refractivity contribution in [3.63, 3.8) is 0 Å². The Kier molecular flexibility index (Phi) is 4.52. The number of benzene rings is 2. The predicted octanol–water partition coefficient (Wildman–Crippen LogP) is 3.83. The van der Waals surface area contributed by atoms with Crippen LogP contribution >= 0.6 is 0 Å². The third kappa shape index (κ3) is 2.75. The lowest BCUT2D eigenvalue weighted by molar-refractivity contribution is -0.135. The fourth-order valence-electron chi connectivity index (χ4n) is 5.35. The second-order valence-electron chi connectivity index (χ2n) is 9.63. The lowest BCUT2D eigenvalue weighted by atomic mass is 9.79. The van der Waals surface area contributed by atoms with Crippen molar-refractivity contribution >= 4 is 29.4 Å². The first-order valence-corrected chi connectivity index (χ1v) is 10.9. The number of anilines is 1. The Hall–Kier alpha value is -3.41. The van der Waals surface area contributed by atoms with Crippen molar-refractivity contribution in [3.8, 4) is 5.75 Å². The lowest BCUT2D eigenvalue weighted by Crippen LogP contribution is -2.47. The Morgan fingerprint density at radius 1 is 0.938 bits per heavy atom. The molecule has 2 amide bonds. The largest absolute Gasteiger partial charge is 0.495 e. The minimum absolute atomic E-state index is 0.0398. The zero-order chi connectivity index (χ0) is 22.8. The molecule has 2 fully saturated rings. The summed E-state index contributed by atoms with van der Waals surface area (Å²) in [6.45, 7) is 5.58. The molecule has 2 aromatic carbocycles. The van der Waals surface area contributed by atoms with E-state index in [1.807, 2.05) is 62.2 Å². The Morgan fingerprint density at radius 2 is 1.59 bits per heavy atom. The number of ketones is 1. The standard InChI is InChI=1S/C26H26N2O4/c1-26(2,3)23(29)22-20-19(21-16-10-6-5-9-15(16)13-14-27(21)22)24(30)28(25(20)31)17-11-7-8-12-18(17)32-4/h5-14,19-22H,1-4H3/t19-,20+,21+,22-/m1/s1. The number of carbonyl (C=O) groups excluding carboxylic acids is 3. The van der Waals surface area contributed by atoms with Gasteiger partial charge in [0.2, 0.25) is 11.8 Å². The highest BCUT2D eigenvalue weighted by Crippen LogP contribution is 2.54. The van der Waals surface area contributed by atoms with E-state index in [0.29, 0.717) is 11.4 Å². The van der Waals surface area contributed by atoms with Crippen LogP contribution in [0.4, 0.5) is 5.69 Å². The molecule has 2 aromatic rings. The van der Waals surface area contributed by atoms with Crippen molar-refractivity contribution in [1.82, 2.24) is 4.90 Å². The van der Waals surface area contributed by atoms with Gasteiger partial charge >= 0.3 is 0 Å². The molecule has 3 aliphatic rings. The first-order chi connectivity index (χ1) is 15.3. The molecule has 2 saturated heterocycles. The predicted molar refractivity (Wildman–Crippen MR) is 121 cm³/mol. The molecule has 3 heterocycles. The zero-order valence-corrected chi connectivity index (χ0v) is 18.6. The van der Waals surface area contributed by atoms with Crippen molar-refractivity contribution in [2.75, 3.05) is 12.0 Å². The first kappa shape index (κ1) is 20.5. The Balaban J connectivity index is 1.68. The SMILES string of the molecule is COc1ccccc1N1C(=O)[C@@H]2[C@H](C1=O)[C@H](C(=O)C(C)(C)C)N1C=Cc3ccccc3[C@@H]21. The van der Waals surface area contributed by atoms with Gasteiger partial charge in [-0.15, -0.1) is 0 Å². The average molecular weight is 431 g/mol. The minimum Gasteiger partial charge on any atom is -0.495 e. The van der Waals surface area contributed by atoms with Crippen LogP contribution in [0.5, 0.6) is 5.75 Å². The van der Waals surface area contributed by atoms with Gasteiger partial charge in [-0.05, 0) is 29.3 Å². The number of Topliss-reactive ketones (excluding diaryl/α,β-unsaturated/α-hetero) is 1. The van der Waals surface area contributed by atoms with Crippen molar-refractivity contribution in [2.24, 2.45) is 17.3 Å². The summed E-state index contributed by atoms with van der Waals surface area (Å²) in [5.74, 6) is -1.60. The molecule has 32 heavy (non-hydrogen) atoms. The van der Waals surface area contributed by atoms with E-state index in [9.17, 15) is 14.4 Å². The summed E-state index contributed by atoms with van der Waals surface area (Å²) < 4.78 is 5.43. The number of methoxy groups -OCH3 is 1. The number of hydrogen-bond donors (Lipinski definition) is 0. The van der Waals surface area contributed by atoms with E-state index in [-0.39, 0.29) is 23.6 Å². The van der Waals surface area contributed by atoms with Gasteiger partial charge in [0.25, 0.3) is 0 Å². The molecule has 0 saturated carbocycles. The highest BCUT2D eigenvalue weighted by atomic mass is 16.5. The number of nitrogens with zero attached hydrogens (tertiary/aromatic N) is 2. The van der Waals surface area contributed by atoms with Gasteiger partial charge in [-0.3, -0.25) is 14.4 Å². The van der Waals surface area contributed by atoms with Crippen molar-refractivity contribution in [3.05, 3.63) is 65.9 Å². The smallest absolute Gasteiger partial charge is 0.240 e. The van der Waals surface area contributed by atoms with Crippen LogP contribution in [0.2, 0.25) is 0 Å². The van der Waals surface area contributed by atoms with E-state index in [2.05, 4.69) is 0 Å². The molecule has 6 nitrogen and oxygen atoms in total. The van der Waals surface area contributed by atoms with Crippen LogP contribution in [0.25, 0.3) is 6.08 Å². The maximum absolute atomic E-state index is 13.8. The molecule has 0 radical (unpaired) electrons. The average Bonchev–Trinajstić information content (AvgIpc) is 3.25. The van der Waals surface area contributed by atoms with E-state index in [1.165, 1.54) is 12.0 Å². The van der Waals surface area contributed by atoms with E-state index < -0.39 is 23.3 Å². The fraction of sp³-hybridized carbons (Fsp3) is 0.346. The first-order valence-electron chi connectivity index (χ1n) is 10.9. The second-order valence-corrected chi connectivity index (χ2v) is 9.63. The summed E-state index contributed by atoms with van der Waals surface area (Å²) >= 11 is 0. The zero-order valence-electron chi connectivity index (χ0n) is 18.6. The third-order valence-electron chi connectivity index (χ3n) is 6.80. The molecule has 5 rings (SSSR count). The van der Waals surface area contributed by atoms with Gasteiger partial charge in [-0.25, -0.2) is 4.90 Å². The molecule has 0 spiro atoms. The number of imide groups is 1. The molecule has 6 heteroatoms. The van der Waals surface area contributed by atoms with E-state index >= 15 is 0 Å². The summed E-state index contributed by atoms with van der Waals surface area (Å²) in [6, 6.07) is 13.8. The summed E-state index contributed by atoms with van der Waals surface area (Å²) in [5.41, 5.74) is 1.74. The van der Waals surface area contributed by atoms with E-state index in [0.717, 1.165) is 11.1 Å². The molecule has 0 aromatic heterocycles. The number of carbonyl (C=O) groups is 3. The number of hydrogen-bond acceptors (Lipinski definition) is 5. The van der Waals surface area contributed by atoms with Crippen molar-refractivity contribution in [2.45, 2.75) is 32.9 Å². The molecule has 4 atom stereocenters. The molecule has 0 bridgehead atoms. The normalized spacial score (nSPS) is 26.1. The summed E-state index contributed by atoms with van der Waals surface area (Å²) in [6.07, 6.45) is 3.84. The van der Waals surface area contributed by atoms with Crippen LogP contribution in [0.3, 0.4) is 0 Å². The molecular formula is C26H26N2O4. The van der Waals surface area contributed by atoms with Crippen LogP contribution in [-0.2, 0) is 14.4 Å². The van der Waals surface area contributed by atoms with Crippen molar-refractivity contribution < 1.29 is 19.1 Å². The van der Waals surface area contributed by atoms with E-state index in [1.54, 1.807) is 24.3 Å². The molecule has 0 N–H and O–H groups in total. The maximum atomic E-state index is 13.8. The van der Waals surface area contributed by atoms with Gasteiger partial charge < -0.3 is 9.64 Å². The molecule has 164 valence electrons. The topological polar surface area (TPSA) is 66.9 Å². The Labute approximate surface area is 187 Å². The summed E-state index contributed by atoms with van der Waals surface area (Å²) in [7, 11) is 1.51. The number of rotatable bonds is 3. The van der Waals surface area contributed by atoms with Crippen LogP contribution in [0, 0.1) is 17.3 Å². The van der Waals surface area contributed by atoms with Gasteiger partial charge in [-0.1, -0.05) is 57.2 Å². The van der Waals surface area contributed by atoms with Gasteiger partial charge in [0.05, 0.1) is 30.7 Å². The van der Waals surface area contributed by atoms with Crippen LogP contribution in [0.15, 0.2) is 54.7 Å². The van der Waals surface area contributed by atoms with Crippen LogP contribution in [-0.4, -0.2) is 35.6 Å². The van der Waals surface area contributed by atoms with Crippen LogP contribution in [0.1, 0.15) is 37.9 Å². The van der Waals surface area contributed by atoms with Gasteiger partial charge in [0.15, 0.2) is 5.78 Å². The van der Waals surface area contributed by atoms with Crippen LogP contribution < -0.4 is 9.64 Å². The number of amides is 2. The van der Waals surface area contributed by atoms with Gasteiger partial charge in [0.1, 0.15) is 11.8 Å². The highest BCUT2D eigenvalue weighted by Gasteiger charge is 2.65. The fourth-order valence-corrected chi connectivity index (χ4v) is 5.35.